The number of hydrogen-bond donors (Lipinski definition) is 1. The molecule has 1 heterocycles. The summed E-state index contributed by atoms with van der Waals surface area (Å²) in [5, 5.41) is 8.66. The van der Waals surface area contributed by atoms with Crippen molar-refractivity contribution in [2.45, 2.75) is 53.2 Å². The molecule has 0 spiro atoms. The van der Waals surface area contributed by atoms with Crippen LogP contribution < -0.4 is 0 Å². The van der Waals surface area contributed by atoms with E-state index < -0.39 is 5.97 Å². The number of carboxylic acid groups (broad SMARTS) is 1. The normalized spacial score (nSPS) is 22.1. The number of β-lactam (4-membered cyclic amide) rings is 1. The molecule has 1 fully saturated rings. The Morgan fingerprint density at radius 3 is 2.32 bits per heavy atom. The lowest BCUT2D eigenvalue weighted by Crippen LogP contribution is -2.59. The van der Waals surface area contributed by atoms with Crippen LogP contribution in [0.25, 0.3) is 0 Å². The zero-order valence-electron chi connectivity index (χ0n) is 12.7. The van der Waals surface area contributed by atoms with Gasteiger partial charge in [0, 0.05) is 6.54 Å². The maximum absolute atomic E-state index is 11.9. The molecular formula is C14H25NO4. The van der Waals surface area contributed by atoms with Gasteiger partial charge < -0.3 is 14.7 Å². The molecule has 5 nitrogen and oxygen atoms in total. The lowest BCUT2D eigenvalue weighted by atomic mass is 9.78. The fraction of sp³-hybridized carbons (Fsp3) is 0.857. The molecule has 5 heteroatoms. The summed E-state index contributed by atoms with van der Waals surface area (Å²) in [5.41, 5.74) is -0.380. The zero-order valence-corrected chi connectivity index (χ0v) is 12.7. The van der Waals surface area contributed by atoms with Crippen LogP contribution in [0.1, 0.15) is 41.5 Å². The Kier molecular flexibility index (Phi) is 4.30. The van der Waals surface area contributed by atoms with Crippen LogP contribution in [0.5, 0.6) is 0 Å². The van der Waals surface area contributed by atoms with Crippen LogP contribution in [0.2, 0.25) is 0 Å². The number of nitrogens with zero attached hydrogens (tertiary/aromatic N) is 1. The van der Waals surface area contributed by atoms with E-state index in [1.165, 1.54) is 4.90 Å². The number of carbonyl (C=O) groups is 2. The number of hydrogen-bond acceptors (Lipinski definition) is 3. The first-order chi connectivity index (χ1) is 8.45. The molecule has 1 aliphatic rings. The second-order valence-corrected chi connectivity index (χ2v) is 6.80. The molecule has 1 aliphatic heterocycles. The van der Waals surface area contributed by atoms with Crippen LogP contribution in [0.15, 0.2) is 0 Å². The van der Waals surface area contributed by atoms with Crippen LogP contribution >= 0.6 is 0 Å². The Labute approximate surface area is 114 Å². The van der Waals surface area contributed by atoms with Gasteiger partial charge in [0.1, 0.15) is 6.54 Å². The molecule has 2 atom stereocenters. The van der Waals surface area contributed by atoms with E-state index in [-0.39, 0.29) is 35.5 Å². The van der Waals surface area contributed by atoms with Crippen molar-refractivity contribution in [3.8, 4) is 0 Å². The molecule has 1 N–H and O–H groups in total. The standard InChI is InChI=1S/C14H25NO4/c1-9(19-14(5,6)13(2,3)4)10-7-15(12(10)18)8-11(16)17/h9-10H,7-8H2,1-6H3,(H,16,17). The maximum Gasteiger partial charge on any atom is 0.323 e. The van der Waals surface area contributed by atoms with Gasteiger partial charge in [-0.15, -0.1) is 0 Å². The van der Waals surface area contributed by atoms with Gasteiger partial charge in [-0.2, -0.15) is 0 Å². The van der Waals surface area contributed by atoms with Crippen molar-refractivity contribution in [3.63, 3.8) is 0 Å². The van der Waals surface area contributed by atoms with Gasteiger partial charge in [-0.05, 0) is 26.2 Å². The minimum atomic E-state index is -0.976. The first-order valence-corrected chi connectivity index (χ1v) is 6.64. The fourth-order valence-corrected chi connectivity index (χ4v) is 1.91. The molecule has 0 aromatic carbocycles. The van der Waals surface area contributed by atoms with Crippen molar-refractivity contribution in [1.29, 1.82) is 0 Å². The number of rotatable bonds is 5. The molecule has 1 amide bonds. The summed E-state index contributed by atoms with van der Waals surface area (Å²) < 4.78 is 6.03. The highest BCUT2D eigenvalue weighted by atomic mass is 16.5. The molecule has 2 unspecified atom stereocenters. The van der Waals surface area contributed by atoms with Gasteiger partial charge in [0.05, 0.1) is 17.6 Å². The molecule has 0 bridgehead atoms. The van der Waals surface area contributed by atoms with Crippen molar-refractivity contribution < 1.29 is 19.4 Å². The Balaban J connectivity index is 2.56. The summed E-state index contributed by atoms with van der Waals surface area (Å²) in [6, 6.07) is 0. The first kappa shape index (κ1) is 16.0. The molecular weight excluding hydrogens is 246 g/mol. The van der Waals surface area contributed by atoms with Gasteiger partial charge in [-0.25, -0.2) is 0 Å². The van der Waals surface area contributed by atoms with E-state index in [1.807, 2.05) is 20.8 Å². The number of carboxylic acids is 1. The van der Waals surface area contributed by atoms with E-state index in [4.69, 9.17) is 9.84 Å². The predicted molar refractivity (Wildman–Crippen MR) is 71.8 cm³/mol. The third kappa shape index (κ3) is 3.47. The van der Waals surface area contributed by atoms with E-state index in [0.29, 0.717) is 6.54 Å². The average molecular weight is 271 g/mol. The van der Waals surface area contributed by atoms with Crippen LogP contribution in [-0.2, 0) is 14.3 Å². The Bertz CT molecular complexity index is 370. The van der Waals surface area contributed by atoms with Crippen molar-refractivity contribution >= 4 is 11.9 Å². The summed E-state index contributed by atoms with van der Waals surface area (Å²) in [6.45, 7) is 12.5. The highest BCUT2D eigenvalue weighted by molar-refractivity contribution is 5.88. The highest BCUT2D eigenvalue weighted by Gasteiger charge is 2.44. The number of amides is 1. The van der Waals surface area contributed by atoms with E-state index >= 15 is 0 Å². The molecule has 1 saturated heterocycles. The van der Waals surface area contributed by atoms with Crippen molar-refractivity contribution in [1.82, 2.24) is 4.90 Å². The molecule has 0 aliphatic carbocycles. The summed E-state index contributed by atoms with van der Waals surface area (Å²) in [5.74, 6) is -1.32. The smallest absolute Gasteiger partial charge is 0.323 e. The van der Waals surface area contributed by atoms with E-state index in [1.54, 1.807) is 0 Å². The monoisotopic (exact) mass is 271 g/mol. The molecule has 19 heavy (non-hydrogen) atoms. The predicted octanol–water partition coefficient (Wildman–Crippen LogP) is 1.76. The number of carbonyl (C=O) groups excluding carboxylic acids is 1. The van der Waals surface area contributed by atoms with Crippen molar-refractivity contribution in [2.24, 2.45) is 11.3 Å². The van der Waals surface area contributed by atoms with E-state index in [2.05, 4.69) is 20.8 Å². The van der Waals surface area contributed by atoms with Crippen LogP contribution in [0.3, 0.4) is 0 Å². The summed E-state index contributed by atoms with van der Waals surface area (Å²) in [7, 11) is 0. The van der Waals surface area contributed by atoms with Gasteiger partial charge in [-0.1, -0.05) is 20.8 Å². The molecule has 1 rings (SSSR count). The molecule has 0 aromatic rings. The Morgan fingerprint density at radius 1 is 1.42 bits per heavy atom. The second kappa shape index (κ2) is 5.12. The quantitative estimate of drug-likeness (QED) is 0.774. The minimum absolute atomic E-state index is 0.0329. The van der Waals surface area contributed by atoms with Gasteiger partial charge in [0.15, 0.2) is 0 Å². The molecule has 0 saturated carbocycles. The van der Waals surface area contributed by atoms with Crippen LogP contribution in [0, 0.1) is 11.3 Å². The SMILES string of the molecule is CC(OC(C)(C)C(C)(C)C)C1CN(CC(=O)O)C1=O. The Hall–Kier alpha value is -1.10. The topological polar surface area (TPSA) is 66.8 Å². The number of likely N-dealkylation sites (tertiary alicyclic amines) is 1. The van der Waals surface area contributed by atoms with Gasteiger partial charge in [0.25, 0.3) is 0 Å². The maximum atomic E-state index is 11.9. The largest absolute Gasteiger partial charge is 0.480 e. The van der Waals surface area contributed by atoms with Gasteiger partial charge >= 0.3 is 5.97 Å². The van der Waals surface area contributed by atoms with E-state index in [0.717, 1.165) is 0 Å². The highest BCUT2D eigenvalue weighted by Crippen LogP contribution is 2.36. The van der Waals surface area contributed by atoms with E-state index in [9.17, 15) is 9.59 Å². The second-order valence-electron chi connectivity index (χ2n) is 6.80. The summed E-state index contributed by atoms with van der Waals surface area (Å²) in [6.07, 6.45) is -0.202. The van der Waals surface area contributed by atoms with Crippen LogP contribution in [0.4, 0.5) is 0 Å². The Morgan fingerprint density at radius 2 is 1.95 bits per heavy atom. The van der Waals surface area contributed by atoms with Crippen molar-refractivity contribution in [2.75, 3.05) is 13.1 Å². The average Bonchev–Trinajstić information content (AvgIpc) is 2.20. The fourth-order valence-electron chi connectivity index (χ4n) is 1.91. The first-order valence-electron chi connectivity index (χ1n) is 6.64. The van der Waals surface area contributed by atoms with Gasteiger partial charge in [-0.3, -0.25) is 9.59 Å². The summed E-state index contributed by atoms with van der Waals surface area (Å²) >= 11 is 0. The molecule has 0 aromatic heterocycles. The summed E-state index contributed by atoms with van der Waals surface area (Å²) in [4.78, 5) is 23.8. The van der Waals surface area contributed by atoms with Gasteiger partial charge in [0.2, 0.25) is 5.91 Å². The number of ether oxygens (including phenoxy) is 1. The molecule has 0 radical (unpaired) electrons. The van der Waals surface area contributed by atoms with Crippen LogP contribution in [-0.4, -0.2) is 46.7 Å². The molecule has 110 valence electrons. The lowest BCUT2D eigenvalue weighted by molar-refractivity contribution is -0.179. The number of aliphatic carboxylic acids is 1. The lowest BCUT2D eigenvalue weighted by Gasteiger charge is -2.46. The third-order valence-electron chi connectivity index (χ3n) is 4.23. The third-order valence-corrected chi connectivity index (χ3v) is 4.23. The zero-order chi connectivity index (χ0) is 15.0. The minimum Gasteiger partial charge on any atom is -0.480 e. The van der Waals surface area contributed by atoms with Crippen molar-refractivity contribution in [3.05, 3.63) is 0 Å².